The van der Waals surface area contributed by atoms with Gasteiger partial charge in [0.25, 0.3) is 5.91 Å². The number of thiazole rings is 1. The zero-order valence-electron chi connectivity index (χ0n) is 10.7. The molecule has 20 heavy (non-hydrogen) atoms. The van der Waals surface area contributed by atoms with E-state index in [1.165, 1.54) is 11.3 Å². The lowest BCUT2D eigenvalue weighted by Crippen LogP contribution is -2.12. The molecule has 1 N–H and O–H groups in total. The average Bonchev–Trinajstić information content (AvgIpc) is 3.08. The van der Waals surface area contributed by atoms with Crippen molar-refractivity contribution in [3.8, 4) is 10.6 Å². The van der Waals surface area contributed by atoms with Gasteiger partial charge in [-0.25, -0.2) is 9.97 Å². The molecule has 100 valence electrons. The highest BCUT2D eigenvalue weighted by molar-refractivity contribution is 7.17. The van der Waals surface area contributed by atoms with Crippen molar-refractivity contribution in [3.63, 3.8) is 0 Å². The Morgan fingerprint density at radius 2 is 2.20 bits per heavy atom. The van der Waals surface area contributed by atoms with Crippen LogP contribution < -0.4 is 5.32 Å². The van der Waals surface area contributed by atoms with Crippen LogP contribution in [0.25, 0.3) is 10.6 Å². The lowest BCUT2D eigenvalue weighted by molar-refractivity contribution is 0.102. The molecule has 0 aliphatic carbocycles. The predicted octanol–water partition coefficient (Wildman–Crippen LogP) is 3.83. The molecule has 0 atom stereocenters. The van der Waals surface area contributed by atoms with Gasteiger partial charge in [0, 0.05) is 17.1 Å². The van der Waals surface area contributed by atoms with Gasteiger partial charge in [-0.05, 0) is 30.5 Å². The predicted molar refractivity (Wildman–Crippen MR) is 82.4 cm³/mol. The second-order valence-electron chi connectivity index (χ2n) is 4.11. The fourth-order valence-corrected chi connectivity index (χ4v) is 3.40. The summed E-state index contributed by atoms with van der Waals surface area (Å²) in [6.45, 7) is 1.85. The zero-order chi connectivity index (χ0) is 13.9. The highest BCUT2D eigenvalue weighted by Crippen LogP contribution is 2.29. The Hall–Kier alpha value is -2.05. The van der Waals surface area contributed by atoms with Gasteiger partial charge < -0.3 is 5.32 Å². The summed E-state index contributed by atoms with van der Waals surface area (Å²) in [4.78, 5) is 21.4. The minimum atomic E-state index is -0.167. The maximum atomic E-state index is 12.2. The molecule has 6 heteroatoms. The van der Waals surface area contributed by atoms with Crippen LogP contribution in [-0.4, -0.2) is 15.9 Å². The van der Waals surface area contributed by atoms with Gasteiger partial charge in [-0.15, -0.1) is 11.3 Å². The number of aryl methyl sites for hydroxylation is 1. The number of aromatic nitrogens is 2. The van der Waals surface area contributed by atoms with E-state index in [4.69, 9.17) is 0 Å². The van der Waals surface area contributed by atoms with E-state index in [-0.39, 0.29) is 5.91 Å². The van der Waals surface area contributed by atoms with Gasteiger partial charge in [-0.3, -0.25) is 4.79 Å². The summed E-state index contributed by atoms with van der Waals surface area (Å²) in [5, 5.41) is 7.68. The molecule has 0 radical (unpaired) electrons. The van der Waals surface area contributed by atoms with E-state index >= 15 is 0 Å². The topological polar surface area (TPSA) is 54.9 Å². The van der Waals surface area contributed by atoms with Crippen LogP contribution in [0.5, 0.6) is 0 Å². The van der Waals surface area contributed by atoms with Gasteiger partial charge in [0.05, 0.1) is 5.69 Å². The Balaban J connectivity index is 1.85. The number of anilines is 1. The fraction of sp³-hybridized carbons (Fsp3) is 0.0714. The van der Waals surface area contributed by atoms with E-state index < -0.39 is 0 Å². The van der Waals surface area contributed by atoms with Crippen LogP contribution in [-0.2, 0) is 0 Å². The number of nitrogens with zero attached hydrogens (tertiary/aromatic N) is 2. The standard InChI is InChI=1S/C14H11N3OS2/c1-9-12(13(18)17-11-4-2-3-6-15-11)20-14(16-9)10-5-7-19-8-10/h2-8H,1H3,(H,15,17,18). The van der Waals surface area contributed by atoms with Crippen molar-refractivity contribution < 1.29 is 4.79 Å². The molecule has 3 rings (SSSR count). The summed E-state index contributed by atoms with van der Waals surface area (Å²) < 4.78 is 0. The summed E-state index contributed by atoms with van der Waals surface area (Å²) >= 11 is 3.02. The molecular weight excluding hydrogens is 290 g/mol. The molecule has 3 aromatic rings. The molecule has 1 amide bonds. The Labute approximate surface area is 124 Å². The molecule has 0 aromatic carbocycles. The van der Waals surface area contributed by atoms with Crippen LogP contribution >= 0.6 is 22.7 Å². The first kappa shape index (κ1) is 13.0. The molecule has 3 heterocycles. The summed E-state index contributed by atoms with van der Waals surface area (Å²) in [5.41, 5.74) is 1.80. The molecule has 0 bridgehead atoms. The lowest BCUT2D eigenvalue weighted by Gasteiger charge is -2.01. The van der Waals surface area contributed by atoms with E-state index in [0.717, 1.165) is 16.3 Å². The largest absolute Gasteiger partial charge is 0.306 e. The van der Waals surface area contributed by atoms with Crippen molar-refractivity contribution in [3.05, 3.63) is 51.8 Å². The first-order valence-electron chi connectivity index (χ1n) is 5.96. The van der Waals surface area contributed by atoms with Crippen LogP contribution in [0.4, 0.5) is 5.82 Å². The zero-order valence-corrected chi connectivity index (χ0v) is 12.3. The molecule has 0 unspecified atom stereocenters. The van der Waals surface area contributed by atoms with Crippen molar-refractivity contribution in [1.29, 1.82) is 0 Å². The molecule has 0 spiro atoms. The third kappa shape index (κ3) is 2.61. The molecule has 0 aliphatic heterocycles. The molecule has 0 fully saturated rings. The highest BCUT2D eigenvalue weighted by atomic mass is 32.1. The highest BCUT2D eigenvalue weighted by Gasteiger charge is 2.16. The molecule has 3 aromatic heterocycles. The summed E-state index contributed by atoms with van der Waals surface area (Å²) in [5.74, 6) is 0.377. The summed E-state index contributed by atoms with van der Waals surface area (Å²) in [6, 6.07) is 7.40. The number of thiophene rings is 1. The van der Waals surface area contributed by atoms with E-state index in [1.54, 1.807) is 23.6 Å². The molecule has 0 saturated heterocycles. The first-order chi connectivity index (χ1) is 9.74. The second-order valence-corrected chi connectivity index (χ2v) is 5.89. The number of hydrogen-bond donors (Lipinski definition) is 1. The Kier molecular flexibility index (Phi) is 3.58. The number of pyridine rings is 1. The van der Waals surface area contributed by atoms with Crippen molar-refractivity contribution in [2.45, 2.75) is 6.92 Å². The monoisotopic (exact) mass is 301 g/mol. The number of hydrogen-bond acceptors (Lipinski definition) is 5. The minimum absolute atomic E-state index is 0.167. The van der Waals surface area contributed by atoms with Gasteiger partial charge in [0.2, 0.25) is 0 Å². The van der Waals surface area contributed by atoms with E-state index in [2.05, 4.69) is 15.3 Å². The van der Waals surface area contributed by atoms with E-state index in [0.29, 0.717) is 10.7 Å². The van der Waals surface area contributed by atoms with Crippen LogP contribution in [0, 0.1) is 6.92 Å². The third-order valence-electron chi connectivity index (χ3n) is 2.68. The maximum Gasteiger partial charge on any atom is 0.268 e. The number of carbonyl (C=O) groups is 1. The third-order valence-corrected chi connectivity index (χ3v) is 4.57. The Bertz CT molecular complexity index is 720. The van der Waals surface area contributed by atoms with Gasteiger partial charge >= 0.3 is 0 Å². The van der Waals surface area contributed by atoms with Crippen LogP contribution in [0.15, 0.2) is 41.2 Å². The average molecular weight is 301 g/mol. The van der Waals surface area contributed by atoms with Crippen molar-refractivity contribution in [1.82, 2.24) is 9.97 Å². The van der Waals surface area contributed by atoms with E-state index in [9.17, 15) is 4.79 Å². The second kappa shape index (κ2) is 5.52. The maximum absolute atomic E-state index is 12.2. The van der Waals surface area contributed by atoms with Crippen molar-refractivity contribution in [2.75, 3.05) is 5.32 Å². The normalized spacial score (nSPS) is 10.4. The van der Waals surface area contributed by atoms with Gasteiger partial charge in [-0.2, -0.15) is 11.3 Å². The van der Waals surface area contributed by atoms with Crippen LogP contribution in [0.1, 0.15) is 15.4 Å². The number of rotatable bonds is 3. The summed E-state index contributed by atoms with van der Waals surface area (Å²) in [7, 11) is 0. The molecule has 0 aliphatic rings. The minimum Gasteiger partial charge on any atom is -0.306 e. The Morgan fingerprint density at radius 3 is 2.90 bits per heavy atom. The van der Waals surface area contributed by atoms with Crippen molar-refractivity contribution in [2.24, 2.45) is 0 Å². The van der Waals surface area contributed by atoms with Crippen molar-refractivity contribution >= 4 is 34.4 Å². The number of carbonyl (C=O) groups excluding carboxylic acids is 1. The van der Waals surface area contributed by atoms with E-state index in [1.807, 2.05) is 35.9 Å². The Morgan fingerprint density at radius 1 is 1.30 bits per heavy atom. The lowest BCUT2D eigenvalue weighted by atomic mass is 10.3. The smallest absolute Gasteiger partial charge is 0.268 e. The van der Waals surface area contributed by atoms with Crippen LogP contribution in [0.3, 0.4) is 0 Å². The molecule has 0 saturated carbocycles. The van der Waals surface area contributed by atoms with Gasteiger partial charge in [0.1, 0.15) is 15.7 Å². The molecule has 4 nitrogen and oxygen atoms in total. The van der Waals surface area contributed by atoms with Crippen LogP contribution in [0.2, 0.25) is 0 Å². The van der Waals surface area contributed by atoms with Gasteiger partial charge in [-0.1, -0.05) is 6.07 Å². The quantitative estimate of drug-likeness (QED) is 0.800. The molecular formula is C14H11N3OS2. The number of nitrogens with one attached hydrogen (secondary N) is 1. The fourth-order valence-electron chi connectivity index (χ4n) is 1.73. The first-order valence-corrected chi connectivity index (χ1v) is 7.72. The van der Waals surface area contributed by atoms with Gasteiger partial charge in [0.15, 0.2) is 0 Å². The summed E-state index contributed by atoms with van der Waals surface area (Å²) in [6.07, 6.45) is 1.64. The number of amides is 1. The SMILES string of the molecule is Cc1nc(-c2ccsc2)sc1C(=O)Nc1ccccn1.